The molecule has 0 radical (unpaired) electrons. The van der Waals surface area contributed by atoms with Crippen LogP contribution in [0, 0.1) is 6.92 Å². The molecule has 2 aromatic rings. The molecule has 0 bridgehead atoms. The summed E-state index contributed by atoms with van der Waals surface area (Å²) in [7, 11) is -2.14. The van der Waals surface area contributed by atoms with Crippen molar-refractivity contribution in [1.82, 2.24) is 4.98 Å². The van der Waals surface area contributed by atoms with Crippen molar-refractivity contribution < 1.29 is 8.42 Å². The normalized spacial score (nSPS) is 11.3. The quantitative estimate of drug-likeness (QED) is 0.868. The number of rotatable bonds is 3. The second-order valence-electron chi connectivity index (χ2n) is 4.18. The van der Waals surface area contributed by atoms with Gasteiger partial charge in [-0.1, -0.05) is 6.07 Å². The predicted octanol–water partition coefficient (Wildman–Crippen LogP) is 1.80. The monoisotopic (exact) mass is 277 g/mol. The van der Waals surface area contributed by atoms with Gasteiger partial charge in [-0.05, 0) is 42.8 Å². The first-order valence-electron chi connectivity index (χ1n) is 5.69. The molecule has 0 saturated carbocycles. The third kappa shape index (κ3) is 2.53. The molecule has 0 spiro atoms. The highest BCUT2D eigenvalue weighted by Crippen LogP contribution is 2.22. The van der Waals surface area contributed by atoms with E-state index < -0.39 is 10.0 Å². The Labute approximate surface area is 112 Å². The zero-order valence-corrected chi connectivity index (χ0v) is 11.6. The number of pyridine rings is 1. The fourth-order valence-electron chi connectivity index (χ4n) is 1.63. The van der Waals surface area contributed by atoms with Gasteiger partial charge in [0.1, 0.15) is 5.82 Å². The van der Waals surface area contributed by atoms with Crippen molar-refractivity contribution in [2.75, 3.05) is 17.1 Å². The molecular formula is C13H15N3O2S. The molecule has 0 amide bonds. The fraction of sp³-hybridized carbons (Fsp3) is 0.154. The predicted molar refractivity (Wildman–Crippen MR) is 75.4 cm³/mol. The summed E-state index contributed by atoms with van der Waals surface area (Å²) in [6.45, 7) is 1.77. The van der Waals surface area contributed by atoms with Crippen molar-refractivity contribution >= 4 is 21.5 Å². The molecule has 1 heterocycles. The largest absolute Gasteiger partial charge is 0.399 e. The molecular weight excluding hydrogens is 262 g/mol. The highest BCUT2D eigenvalue weighted by atomic mass is 32.2. The Morgan fingerprint density at radius 3 is 2.53 bits per heavy atom. The van der Waals surface area contributed by atoms with E-state index in [-0.39, 0.29) is 4.90 Å². The van der Waals surface area contributed by atoms with E-state index in [1.807, 2.05) is 0 Å². The van der Waals surface area contributed by atoms with Crippen molar-refractivity contribution in [3.63, 3.8) is 0 Å². The van der Waals surface area contributed by atoms with Crippen LogP contribution in [0.15, 0.2) is 47.5 Å². The van der Waals surface area contributed by atoms with Crippen LogP contribution >= 0.6 is 0 Å². The molecule has 1 aromatic heterocycles. The molecule has 5 nitrogen and oxygen atoms in total. The number of hydrogen-bond donors (Lipinski definition) is 1. The third-order valence-electron chi connectivity index (χ3n) is 2.87. The van der Waals surface area contributed by atoms with E-state index in [0.29, 0.717) is 11.5 Å². The Balaban J connectivity index is 2.45. The highest BCUT2D eigenvalue weighted by molar-refractivity contribution is 7.92. The lowest BCUT2D eigenvalue weighted by atomic mass is 10.2. The van der Waals surface area contributed by atoms with Crippen LogP contribution in [-0.2, 0) is 10.0 Å². The maximum Gasteiger partial charge on any atom is 0.265 e. The minimum Gasteiger partial charge on any atom is -0.399 e. The summed E-state index contributed by atoms with van der Waals surface area (Å²) in [6.07, 6.45) is 1.55. The van der Waals surface area contributed by atoms with Gasteiger partial charge in [-0.25, -0.2) is 13.4 Å². The molecule has 0 aliphatic carbocycles. The van der Waals surface area contributed by atoms with Gasteiger partial charge in [0.05, 0.1) is 4.90 Å². The minimum absolute atomic E-state index is 0.201. The zero-order valence-electron chi connectivity index (χ0n) is 10.7. The van der Waals surface area contributed by atoms with Crippen molar-refractivity contribution in [2.24, 2.45) is 0 Å². The molecule has 100 valence electrons. The van der Waals surface area contributed by atoms with E-state index in [1.54, 1.807) is 43.5 Å². The van der Waals surface area contributed by atoms with Crippen molar-refractivity contribution in [3.8, 4) is 0 Å². The standard InChI is InChI=1S/C13H15N3O2S/c1-10-9-11(6-7-12(10)14)19(17,18)16(2)13-5-3-4-8-15-13/h3-9H,14H2,1-2H3. The molecule has 0 unspecified atom stereocenters. The molecule has 0 aliphatic heterocycles. The molecule has 0 fully saturated rings. The van der Waals surface area contributed by atoms with E-state index in [1.165, 1.54) is 13.1 Å². The average Bonchev–Trinajstić information content (AvgIpc) is 2.41. The number of aryl methyl sites for hydroxylation is 1. The van der Waals surface area contributed by atoms with E-state index in [9.17, 15) is 8.42 Å². The van der Waals surface area contributed by atoms with Crippen LogP contribution < -0.4 is 10.0 Å². The van der Waals surface area contributed by atoms with Crippen LogP contribution in [0.3, 0.4) is 0 Å². The summed E-state index contributed by atoms with van der Waals surface area (Å²) in [5.74, 6) is 0.372. The average molecular weight is 277 g/mol. The van der Waals surface area contributed by atoms with Gasteiger partial charge in [0.15, 0.2) is 0 Å². The molecule has 2 N–H and O–H groups in total. The van der Waals surface area contributed by atoms with E-state index in [2.05, 4.69) is 4.98 Å². The van der Waals surface area contributed by atoms with Crippen LogP contribution in [0.5, 0.6) is 0 Å². The van der Waals surface area contributed by atoms with Gasteiger partial charge in [-0.3, -0.25) is 4.31 Å². The van der Waals surface area contributed by atoms with Crippen LogP contribution in [0.2, 0.25) is 0 Å². The lowest BCUT2D eigenvalue weighted by Gasteiger charge is -2.18. The molecule has 0 saturated heterocycles. The first-order valence-corrected chi connectivity index (χ1v) is 7.13. The van der Waals surface area contributed by atoms with Gasteiger partial charge in [-0.15, -0.1) is 0 Å². The van der Waals surface area contributed by atoms with Crippen molar-refractivity contribution in [1.29, 1.82) is 0 Å². The molecule has 6 heteroatoms. The lowest BCUT2D eigenvalue weighted by Crippen LogP contribution is -2.27. The number of hydrogen-bond acceptors (Lipinski definition) is 4. The third-order valence-corrected chi connectivity index (χ3v) is 4.63. The van der Waals surface area contributed by atoms with Crippen LogP contribution in [0.25, 0.3) is 0 Å². The maximum atomic E-state index is 12.4. The number of aromatic nitrogens is 1. The second-order valence-corrected chi connectivity index (χ2v) is 6.15. The van der Waals surface area contributed by atoms with Gasteiger partial charge in [-0.2, -0.15) is 0 Å². The van der Waals surface area contributed by atoms with Gasteiger partial charge >= 0.3 is 0 Å². The van der Waals surface area contributed by atoms with Crippen LogP contribution in [0.4, 0.5) is 11.5 Å². The summed E-state index contributed by atoms with van der Waals surface area (Å²) in [5.41, 5.74) is 7.00. The SMILES string of the molecule is Cc1cc(S(=O)(=O)N(C)c2ccccn2)ccc1N. The Morgan fingerprint density at radius 1 is 1.21 bits per heavy atom. The Bertz CT molecular complexity index is 684. The van der Waals surface area contributed by atoms with Gasteiger partial charge in [0.25, 0.3) is 10.0 Å². The second kappa shape index (κ2) is 4.89. The number of nitrogens with two attached hydrogens (primary N) is 1. The Kier molecular flexibility index (Phi) is 3.44. The zero-order chi connectivity index (χ0) is 14.0. The Morgan fingerprint density at radius 2 is 1.95 bits per heavy atom. The van der Waals surface area contributed by atoms with Gasteiger partial charge < -0.3 is 5.73 Å². The smallest absolute Gasteiger partial charge is 0.265 e. The number of benzene rings is 1. The van der Waals surface area contributed by atoms with Crippen molar-refractivity contribution in [3.05, 3.63) is 48.2 Å². The van der Waals surface area contributed by atoms with E-state index in [4.69, 9.17) is 5.73 Å². The topological polar surface area (TPSA) is 76.3 Å². The van der Waals surface area contributed by atoms with E-state index in [0.717, 1.165) is 9.87 Å². The minimum atomic E-state index is -3.62. The van der Waals surface area contributed by atoms with Crippen LogP contribution in [0.1, 0.15) is 5.56 Å². The summed E-state index contributed by atoms with van der Waals surface area (Å²) < 4.78 is 26.0. The summed E-state index contributed by atoms with van der Waals surface area (Å²) in [6, 6.07) is 9.76. The lowest BCUT2D eigenvalue weighted by molar-refractivity contribution is 0.594. The Hall–Kier alpha value is -2.08. The number of nitrogens with zero attached hydrogens (tertiary/aromatic N) is 2. The van der Waals surface area contributed by atoms with Gasteiger partial charge in [0, 0.05) is 18.9 Å². The molecule has 0 aliphatic rings. The maximum absolute atomic E-state index is 12.4. The summed E-state index contributed by atoms with van der Waals surface area (Å²) >= 11 is 0. The van der Waals surface area contributed by atoms with Crippen molar-refractivity contribution in [2.45, 2.75) is 11.8 Å². The summed E-state index contributed by atoms with van der Waals surface area (Å²) in [4.78, 5) is 4.23. The molecule has 2 rings (SSSR count). The highest BCUT2D eigenvalue weighted by Gasteiger charge is 2.22. The van der Waals surface area contributed by atoms with Crippen LogP contribution in [-0.4, -0.2) is 20.4 Å². The first kappa shape index (κ1) is 13.4. The molecule has 1 aromatic carbocycles. The van der Waals surface area contributed by atoms with E-state index >= 15 is 0 Å². The fourth-order valence-corrected chi connectivity index (χ4v) is 2.87. The number of sulfonamides is 1. The summed E-state index contributed by atoms with van der Waals surface area (Å²) in [5, 5.41) is 0. The molecule has 0 atom stereocenters. The number of anilines is 2. The number of nitrogen functional groups attached to an aromatic ring is 1. The molecule has 19 heavy (non-hydrogen) atoms. The van der Waals surface area contributed by atoms with Gasteiger partial charge in [0.2, 0.25) is 0 Å². The first-order chi connectivity index (χ1) is 8.93.